The van der Waals surface area contributed by atoms with E-state index in [1.165, 1.54) is 16.0 Å². The van der Waals surface area contributed by atoms with Crippen LogP contribution in [0.1, 0.15) is 35.4 Å². The molecule has 5 nitrogen and oxygen atoms in total. The van der Waals surface area contributed by atoms with Crippen LogP contribution in [0.15, 0.2) is 66.0 Å². The van der Waals surface area contributed by atoms with Crippen LogP contribution in [-0.4, -0.2) is 24.4 Å². The molecule has 0 spiro atoms. The zero-order valence-corrected chi connectivity index (χ0v) is 18.0. The lowest BCUT2D eigenvalue weighted by Crippen LogP contribution is -2.88. The first kappa shape index (κ1) is 20.3. The van der Waals surface area contributed by atoms with Gasteiger partial charge in [-0.15, -0.1) is 11.3 Å². The molecule has 0 saturated heterocycles. The van der Waals surface area contributed by atoms with Crippen molar-refractivity contribution in [2.24, 2.45) is 0 Å². The summed E-state index contributed by atoms with van der Waals surface area (Å²) in [6.45, 7) is 4.30. The Morgan fingerprint density at radius 1 is 1.17 bits per heavy atom. The van der Waals surface area contributed by atoms with Crippen LogP contribution in [0.3, 0.4) is 0 Å². The molecule has 1 aliphatic rings. The Balaban J connectivity index is 1.57. The minimum Gasteiger partial charge on any atom is -0.328 e. The zero-order valence-electron chi connectivity index (χ0n) is 17.2. The van der Waals surface area contributed by atoms with Crippen molar-refractivity contribution < 1.29 is 14.9 Å². The number of fused-ring (bicyclic) bond motifs is 1. The summed E-state index contributed by atoms with van der Waals surface area (Å²) in [5.74, 6) is -0.0644. The van der Waals surface area contributed by atoms with Crippen LogP contribution in [-0.2, 0) is 9.59 Å². The predicted octanol–water partition coefficient (Wildman–Crippen LogP) is 3.47. The number of nitrogens with zero attached hydrogens (tertiary/aromatic N) is 1. The summed E-state index contributed by atoms with van der Waals surface area (Å²) in [6, 6.07) is 20.0. The molecule has 2 amide bonds. The number of para-hydroxylation sites is 2. The number of carbonyl (C=O) groups is 2. The summed E-state index contributed by atoms with van der Waals surface area (Å²) in [5.41, 5.74) is 3.84. The second kappa shape index (κ2) is 8.81. The predicted molar refractivity (Wildman–Crippen MR) is 121 cm³/mol. The van der Waals surface area contributed by atoms with Gasteiger partial charge in [-0.25, -0.2) is 0 Å². The van der Waals surface area contributed by atoms with E-state index < -0.39 is 0 Å². The molecule has 2 heterocycles. The number of thiophene rings is 1. The number of amides is 2. The summed E-state index contributed by atoms with van der Waals surface area (Å²) >= 11 is 1.70. The molecule has 0 saturated carbocycles. The lowest BCUT2D eigenvalue weighted by Gasteiger charge is -2.27. The fourth-order valence-electron chi connectivity index (χ4n) is 3.94. The summed E-state index contributed by atoms with van der Waals surface area (Å²) in [4.78, 5) is 28.5. The fourth-order valence-corrected chi connectivity index (χ4v) is 4.79. The van der Waals surface area contributed by atoms with Crippen LogP contribution in [0.2, 0.25) is 0 Å². The highest BCUT2D eigenvalue weighted by atomic mass is 32.1. The van der Waals surface area contributed by atoms with Crippen LogP contribution in [0.25, 0.3) is 0 Å². The summed E-state index contributed by atoms with van der Waals surface area (Å²) < 4.78 is 0. The average molecular weight is 421 g/mol. The molecule has 4 rings (SSSR count). The molecule has 2 atom stereocenters. The van der Waals surface area contributed by atoms with Crippen molar-refractivity contribution in [3.05, 3.63) is 82.0 Å². The minimum absolute atomic E-state index is 0.000109. The van der Waals surface area contributed by atoms with E-state index in [9.17, 15) is 9.59 Å². The van der Waals surface area contributed by atoms with Crippen molar-refractivity contribution in [3.8, 4) is 0 Å². The fraction of sp³-hybridized carbons (Fsp3) is 0.250. The monoisotopic (exact) mass is 420 g/mol. The second-order valence-corrected chi connectivity index (χ2v) is 8.71. The topological polar surface area (TPSA) is 66.0 Å². The van der Waals surface area contributed by atoms with E-state index in [1.807, 2.05) is 37.3 Å². The van der Waals surface area contributed by atoms with E-state index in [-0.39, 0.29) is 30.3 Å². The molecule has 6 heteroatoms. The van der Waals surface area contributed by atoms with Crippen LogP contribution < -0.4 is 15.5 Å². The number of quaternary nitrogens is 1. The van der Waals surface area contributed by atoms with Crippen molar-refractivity contribution in [1.82, 2.24) is 0 Å². The highest BCUT2D eigenvalue weighted by molar-refractivity contribution is 7.10. The molecular weight excluding hydrogens is 394 g/mol. The first-order chi connectivity index (χ1) is 14.5. The molecule has 0 aliphatic carbocycles. The Morgan fingerprint density at radius 2 is 1.93 bits per heavy atom. The molecule has 0 radical (unpaired) electrons. The van der Waals surface area contributed by atoms with Crippen molar-refractivity contribution in [2.45, 2.75) is 32.4 Å². The number of anilines is 2. The number of nitrogens with one attached hydrogen (secondary N) is 1. The normalized spacial score (nSPS) is 17.1. The van der Waals surface area contributed by atoms with Crippen molar-refractivity contribution >= 4 is 34.5 Å². The highest BCUT2D eigenvalue weighted by Crippen LogP contribution is 2.31. The molecule has 30 heavy (non-hydrogen) atoms. The number of benzene rings is 2. The zero-order chi connectivity index (χ0) is 21.1. The third-order valence-corrected chi connectivity index (χ3v) is 6.40. The van der Waals surface area contributed by atoms with Gasteiger partial charge in [-0.3, -0.25) is 9.59 Å². The van der Waals surface area contributed by atoms with Crippen LogP contribution in [0.4, 0.5) is 11.4 Å². The standard InChI is InChI=1S/C24H25N3O2S/c1-16-9-11-18(12-10-16)24(21-8-5-13-30-21)25-15-23(29)27-17(2)14-22(28)26-19-6-3-4-7-20(19)27/h3-13,17,24-25H,14-15H2,1-2H3,(H,26,28)/p+1/t17-,24-/m0/s1. The van der Waals surface area contributed by atoms with Gasteiger partial charge < -0.3 is 15.5 Å². The molecule has 1 aliphatic heterocycles. The number of hydrogen-bond donors (Lipinski definition) is 2. The minimum atomic E-state index is -0.200. The van der Waals surface area contributed by atoms with E-state index in [4.69, 9.17) is 0 Å². The maximum absolute atomic E-state index is 13.3. The SMILES string of the molecule is Cc1ccc([C@H]([NH2+]CC(=O)N2c3ccccc3NC(=O)C[C@@H]2C)c2cccs2)cc1. The van der Waals surface area contributed by atoms with Gasteiger partial charge in [-0.2, -0.15) is 0 Å². The maximum atomic E-state index is 13.3. The molecule has 154 valence electrons. The molecule has 2 aromatic carbocycles. The van der Waals surface area contributed by atoms with Gasteiger partial charge in [-0.05, 0) is 37.4 Å². The van der Waals surface area contributed by atoms with Gasteiger partial charge in [0, 0.05) is 18.0 Å². The molecular formula is C24H26N3O2S+. The van der Waals surface area contributed by atoms with Crippen LogP contribution in [0, 0.1) is 6.92 Å². The average Bonchev–Trinajstić information content (AvgIpc) is 3.21. The number of aryl methyl sites for hydroxylation is 1. The van der Waals surface area contributed by atoms with Crippen molar-refractivity contribution in [2.75, 3.05) is 16.8 Å². The first-order valence-corrected chi connectivity index (χ1v) is 11.0. The first-order valence-electron chi connectivity index (χ1n) is 10.2. The molecule has 0 fully saturated rings. The summed E-state index contributed by atoms with van der Waals surface area (Å²) in [7, 11) is 0. The molecule has 1 aromatic heterocycles. The Labute approximate surface area is 180 Å². The van der Waals surface area contributed by atoms with E-state index in [0.29, 0.717) is 12.2 Å². The summed E-state index contributed by atoms with van der Waals surface area (Å²) in [6.07, 6.45) is 0.284. The number of hydrogen-bond acceptors (Lipinski definition) is 3. The molecule has 3 N–H and O–H groups in total. The van der Waals surface area contributed by atoms with E-state index >= 15 is 0 Å². The Morgan fingerprint density at radius 3 is 2.67 bits per heavy atom. The van der Waals surface area contributed by atoms with Crippen LogP contribution in [0.5, 0.6) is 0 Å². The third-order valence-electron chi connectivity index (χ3n) is 5.44. The van der Waals surface area contributed by atoms with E-state index in [0.717, 1.165) is 5.69 Å². The van der Waals surface area contributed by atoms with Gasteiger partial charge in [0.2, 0.25) is 5.91 Å². The quantitative estimate of drug-likeness (QED) is 0.664. The van der Waals surface area contributed by atoms with Gasteiger partial charge in [0.05, 0.1) is 16.3 Å². The van der Waals surface area contributed by atoms with Gasteiger partial charge in [0.1, 0.15) is 6.04 Å². The lowest BCUT2D eigenvalue weighted by atomic mass is 10.0. The smallest absolute Gasteiger partial charge is 0.282 e. The number of nitrogens with two attached hydrogens (primary N) is 1. The van der Waals surface area contributed by atoms with E-state index in [1.54, 1.807) is 16.2 Å². The maximum Gasteiger partial charge on any atom is 0.282 e. The number of rotatable bonds is 5. The van der Waals surface area contributed by atoms with Gasteiger partial charge in [-0.1, -0.05) is 48.0 Å². The van der Waals surface area contributed by atoms with Crippen molar-refractivity contribution in [3.63, 3.8) is 0 Å². The molecule has 0 bridgehead atoms. The second-order valence-electron chi connectivity index (χ2n) is 7.73. The van der Waals surface area contributed by atoms with Gasteiger partial charge in [0.15, 0.2) is 6.54 Å². The Kier molecular flexibility index (Phi) is 5.97. The van der Waals surface area contributed by atoms with Gasteiger partial charge >= 0.3 is 0 Å². The Bertz CT molecular complexity index is 1030. The Hall–Kier alpha value is -2.96. The molecule has 0 unspecified atom stereocenters. The summed E-state index contributed by atoms with van der Waals surface area (Å²) in [5, 5.41) is 7.07. The van der Waals surface area contributed by atoms with Gasteiger partial charge in [0.25, 0.3) is 5.91 Å². The molecule has 3 aromatic rings. The lowest BCUT2D eigenvalue weighted by molar-refractivity contribution is -0.676. The van der Waals surface area contributed by atoms with E-state index in [2.05, 4.69) is 53.3 Å². The third kappa shape index (κ3) is 4.30. The van der Waals surface area contributed by atoms with Crippen molar-refractivity contribution in [1.29, 1.82) is 0 Å². The van der Waals surface area contributed by atoms with Crippen LogP contribution >= 0.6 is 11.3 Å². The largest absolute Gasteiger partial charge is 0.328 e. The highest BCUT2D eigenvalue weighted by Gasteiger charge is 2.31. The number of carbonyl (C=O) groups excluding carboxylic acids is 2.